The van der Waals surface area contributed by atoms with Crippen molar-refractivity contribution in [2.24, 2.45) is 5.92 Å². The first-order valence-corrected chi connectivity index (χ1v) is 8.18. The van der Waals surface area contributed by atoms with Gasteiger partial charge in [0.25, 0.3) is 0 Å². The van der Waals surface area contributed by atoms with Crippen molar-refractivity contribution in [2.45, 2.75) is 70.3 Å². The van der Waals surface area contributed by atoms with E-state index in [0.717, 1.165) is 44.7 Å². The molecule has 2 fully saturated rings. The molecule has 2 rings (SSSR count). The van der Waals surface area contributed by atoms with Crippen LogP contribution in [-0.4, -0.2) is 36.5 Å². The Labute approximate surface area is 118 Å². The maximum Gasteiger partial charge on any atom is 0.242 e. The normalized spacial score (nSPS) is 28.5. The van der Waals surface area contributed by atoms with Crippen LogP contribution in [0.1, 0.15) is 64.7 Å². The molecule has 0 radical (unpaired) electrons. The zero-order valence-electron chi connectivity index (χ0n) is 12.7. The maximum atomic E-state index is 12.8. The van der Waals surface area contributed by atoms with Crippen LogP contribution in [0.2, 0.25) is 0 Å². The van der Waals surface area contributed by atoms with Gasteiger partial charge in [-0.1, -0.05) is 32.6 Å². The number of hydrogen-bond donors (Lipinski definition) is 1. The summed E-state index contributed by atoms with van der Waals surface area (Å²) >= 11 is 0. The third kappa shape index (κ3) is 3.50. The van der Waals surface area contributed by atoms with E-state index in [1.165, 1.54) is 32.1 Å². The Morgan fingerprint density at radius 2 is 2.00 bits per heavy atom. The lowest BCUT2D eigenvalue weighted by Crippen LogP contribution is -2.54. The van der Waals surface area contributed by atoms with Crippen LogP contribution in [-0.2, 0) is 4.79 Å². The van der Waals surface area contributed by atoms with E-state index in [1.54, 1.807) is 0 Å². The molecule has 1 saturated carbocycles. The number of nitrogens with one attached hydrogen (secondary N) is 1. The number of hydrogen-bond acceptors (Lipinski definition) is 2. The van der Waals surface area contributed by atoms with Gasteiger partial charge in [0, 0.05) is 13.6 Å². The average molecular weight is 266 g/mol. The van der Waals surface area contributed by atoms with Gasteiger partial charge in [0.15, 0.2) is 0 Å². The molecule has 1 saturated heterocycles. The van der Waals surface area contributed by atoms with Gasteiger partial charge in [0.05, 0.1) is 5.54 Å². The Kier molecular flexibility index (Phi) is 5.26. The number of rotatable bonds is 5. The molecular formula is C16H30N2O. The fourth-order valence-corrected chi connectivity index (χ4v) is 3.94. The Bertz CT molecular complexity index is 291. The average Bonchev–Trinajstić information content (AvgIpc) is 2.89. The highest BCUT2D eigenvalue weighted by atomic mass is 16.2. The lowest BCUT2D eigenvalue weighted by molar-refractivity contribution is -0.137. The molecule has 0 aromatic rings. The van der Waals surface area contributed by atoms with Crippen LogP contribution in [0.15, 0.2) is 0 Å². The molecule has 1 heterocycles. The van der Waals surface area contributed by atoms with Gasteiger partial charge in [0.1, 0.15) is 0 Å². The van der Waals surface area contributed by atoms with E-state index < -0.39 is 0 Å². The first-order chi connectivity index (χ1) is 9.18. The van der Waals surface area contributed by atoms with E-state index in [0.29, 0.717) is 5.91 Å². The highest BCUT2D eigenvalue weighted by molar-refractivity contribution is 5.86. The summed E-state index contributed by atoms with van der Waals surface area (Å²) in [6.45, 7) is 4.14. The molecule has 2 aliphatic rings. The monoisotopic (exact) mass is 266 g/mol. The molecule has 19 heavy (non-hydrogen) atoms. The molecule has 1 N–H and O–H groups in total. The molecule has 3 nitrogen and oxygen atoms in total. The minimum absolute atomic E-state index is 0.238. The van der Waals surface area contributed by atoms with Gasteiger partial charge in [-0.05, 0) is 44.6 Å². The number of likely N-dealkylation sites (N-methyl/N-ethyl adjacent to an activating group) is 1. The number of amides is 1. The van der Waals surface area contributed by atoms with Crippen LogP contribution in [0.25, 0.3) is 0 Å². The zero-order chi connectivity index (χ0) is 13.7. The lowest BCUT2D eigenvalue weighted by atomic mass is 9.87. The summed E-state index contributed by atoms with van der Waals surface area (Å²) in [7, 11) is 2.01. The molecule has 1 aliphatic carbocycles. The first-order valence-electron chi connectivity index (χ1n) is 8.18. The minimum Gasteiger partial charge on any atom is -0.344 e. The SMILES string of the molecule is CCCC1(C(=O)N(C)CC2CCCCC2)CCCN1. The van der Waals surface area contributed by atoms with E-state index in [4.69, 9.17) is 0 Å². The van der Waals surface area contributed by atoms with Gasteiger partial charge in [-0.2, -0.15) is 0 Å². The summed E-state index contributed by atoms with van der Waals surface area (Å²) in [6.07, 6.45) is 10.9. The molecule has 0 spiro atoms. The van der Waals surface area contributed by atoms with E-state index in [2.05, 4.69) is 12.2 Å². The molecule has 1 amide bonds. The summed E-state index contributed by atoms with van der Waals surface area (Å²) in [5.74, 6) is 1.08. The van der Waals surface area contributed by atoms with Gasteiger partial charge >= 0.3 is 0 Å². The van der Waals surface area contributed by atoms with Crippen LogP contribution >= 0.6 is 0 Å². The molecule has 1 atom stereocenters. The fraction of sp³-hybridized carbons (Fsp3) is 0.938. The second-order valence-corrected chi connectivity index (χ2v) is 6.55. The number of nitrogens with zero attached hydrogens (tertiary/aromatic N) is 1. The standard InChI is InChI=1S/C16H30N2O/c1-3-10-16(11-7-12-17-16)15(19)18(2)13-14-8-5-4-6-9-14/h14,17H,3-13H2,1-2H3. The Hall–Kier alpha value is -0.570. The smallest absolute Gasteiger partial charge is 0.242 e. The molecular weight excluding hydrogens is 236 g/mol. The zero-order valence-corrected chi connectivity index (χ0v) is 12.7. The summed E-state index contributed by atoms with van der Waals surface area (Å²) in [5, 5.41) is 3.50. The van der Waals surface area contributed by atoms with Gasteiger partial charge in [-0.25, -0.2) is 0 Å². The fourth-order valence-electron chi connectivity index (χ4n) is 3.94. The predicted octanol–water partition coefficient (Wildman–Crippen LogP) is 2.95. The Morgan fingerprint density at radius 3 is 2.58 bits per heavy atom. The summed E-state index contributed by atoms with van der Waals surface area (Å²) in [5.41, 5.74) is -0.238. The lowest BCUT2D eigenvalue weighted by Gasteiger charge is -2.35. The minimum atomic E-state index is -0.238. The second-order valence-electron chi connectivity index (χ2n) is 6.55. The summed E-state index contributed by atoms with van der Waals surface area (Å²) < 4.78 is 0. The van der Waals surface area contributed by atoms with Crippen LogP contribution in [0.5, 0.6) is 0 Å². The Balaban J connectivity index is 1.92. The van der Waals surface area contributed by atoms with Crippen LogP contribution in [0.4, 0.5) is 0 Å². The molecule has 3 heteroatoms. The number of carbonyl (C=O) groups excluding carboxylic acids is 1. The van der Waals surface area contributed by atoms with Crippen LogP contribution in [0.3, 0.4) is 0 Å². The van der Waals surface area contributed by atoms with Gasteiger partial charge in [0.2, 0.25) is 5.91 Å². The molecule has 1 unspecified atom stereocenters. The maximum absolute atomic E-state index is 12.8. The highest BCUT2D eigenvalue weighted by Gasteiger charge is 2.41. The van der Waals surface area contributed by atoms with Gasteiger partial charge in [-0.3, -0.25) is 4.79 Å². The van der Waals surface area contributed by atoms with Crippen molar-refractivity contribution in [1.82, 2.24) is 10.2 Å². The van der Waals surface area contributed by atoms with E-state index in [1.807, 2.05) is 11.9 Å². The largest absolute Gasteiger partial charge is 0.344 e. The summed E-state index contributed by atoms with van der Waals surface area (Å²) in [4.78, 5) is 14.8. The van der Waals surface area contributed by atoms with Crippen molar-refractivity contribution in [2.75, 3.05) is 20.1 Å². The van der Waals surface area contributed by atoms with Gasteiger partial charge in [-0.15, -0.1) is 0 Å². The molecule has 0 bridgehead atoms. The van der Waals surface area contributed by atoms with E-state index in [9.17, 15) is 4.79 Å². The predicted molar refractivity (Wildman–Crippen MR) is 79.1 cm³/mol. The van der Waals surface area contributed by atoms with Crippen molar-refractivity contribution in [1.29, 1.82) is 0 Å². The van der Waals surface area contributed by atoms with Crippen molar-refractivity contribution in [3.05, 3.63) is 0 Å². The van der Waals surface area contributed by atoms with Crippen molar-refractivity contribution in [3.8, 4) is 0 Å². The third-order valence-electron chi connectivity index (χ3n) is 4.93. The first kappa shape index (κ1) is 14.8. The second kappa shape index (κ2) is 6.74. The quantitative estimate of drug-likeness (QED) is 0.830. The number of carbonyl (C=O) groups is 1. The van der Waals surface area contributed by atoms with Crippen molar-refractivity contribution < 1.29 is 4.79 Å². The van der Waals surface area contributed by atoms with Gasteiger partial charge < -0.3 is 10.2 Å². The van der Waals surface area contributed by atoms with Crippen molar-refractivity contribution >= 4 is 5.91 Å². The van der Waals surface area contributed by atoms with E-state index >= 15 is 0 Å². The topological polar surface area (TPSA) is 32.3 Å². The van der Waals surface area contributed by atoms with E-state index in [-0.39, 0.29) is 5.54 Å². The molecule has 0 aromatic heterocycles. The highest BCUT2D eigenvalue weighted by Crippen LogP contribution is 2.29. The molecule has 0 aromatic carbocycles. The summed E-state index contributed by atoms with van der Waals surface area (Å²) in [6, 6.07) is 0. The van der Waals surface area contributed by atoms with Crippen molar-refractivity contribution in [3.63, 3.8) is 0 Å². The molecule has 110 valence electrons. The van der Waals surface area contributed by atoms with Crippen LogP contribution < -0.4 is 5.32 Å². The Morgan fingerprint density at radius 1 is 1.26 bits per heavy atom. The third-order valence-corrected chi connectivity index (χ3v) is 4.93. The van der Waals surface area contributed by atoms with Crippen LogP contribution in [0, 0.1) is 5.92 Å². The molecule has 1 aliphatic heterocycles.